The van der Waals surface area contributed by atoms with Crippen molar-refractivity contribution in [2.24, 2.45) is 5.16 Å². The van der Waals surface area contributed by atoms with Gasteiger partial charge >= 0.3 is 0 Å². The summed E-state index contributed by atoms with van der Waals surface area (Å²) in [5, 5.41) is 3.47. The van der Waals surface area contributed by atoms with Crippen molar-refractivity contribution in [3.63, 3.8) is 0 Å². The molecule has 0 N–H and O–H groups in total. The molecule has 61 valence electrons. The van der Waals surface area contributed by atoms with Gasteiger partial charge in [-0.25, -0.2) is 4.39 Å². The van der Waals surface area contributed by atoms with Crippen molar-refractivity contribution in [1.29, 1.82) is 0 Å². The molecule has 2 rings (SSSR count). The molecule has 0 spiro atoms. The monoisotopic (exact) mass is 164 g/mol. The number of rotatable bonds is 1. The molecule has 0 fully saturated rings. The van der Waals surface area contributed by atoms with Crippen molar-refractivity contribution in [1.82, 2.24) is 0 Å². The van der Waals surface area contributed by atoms with Crippen LogP contribution in [0.4, 0.5) is 4.39 Å². The van der Waals surface area contributed by atoms with Crippen LogP contribution in [0.3, 0.4) is 0 Å². The third-order valence-electron chi connectivity index (χ3n) is 1.77. The molecule has 2 nitrogen and oxygen atoms in total. The maximum atomic E-state index is 13.1. The fraction of sp³-hybridized carbons (Fsp3) is 0.222. The van der Waals surface area contributed by atoms with Crippen LogP contribution in [0.5, 0.6) is 0 Å². The lowest BCUT2D eigenvalue weighted by atomic mass is 10.1. The first-order chi connectivity index (χ1) is 5.88. The summed E-state index contributed by atoms with van der Waals surface area (Å²) in [7, 11) is 0. The Bertz CT molecular complexity index is 303. The third kappa shape index (κ3) is 1.18. The minimum absolute atomic E-state index is 0.249. The van der Waals surface area contributed by atoms with E-state index >= 15 is 0 Å². The lowest BCUT2D eigenvalue weighted by Crippen LogP contribution is -1.98. The topological polar surface area (TPSA) is 21.6 Å². The first-order valence-electron chi connectivity index (χ1n) is 3.71. The minimum atomic E-state index is -0.286. The van der Waals surface area contributed by atoms with Crippen LogP contribution in [0.2, 0.25) is 0 Å². The molecule has 1 radical (unpaired) electrons. The molecule has 1 unspecified atom stereocenters. The van der Waals surface area contributed by atoms with Crippen LogP contribution in [-0.4, -0.2) is 6.21 Å². The molecule has 3 heteroatoms. The van der Waals surface area contributed by atoms with Crippen LogP contribution in [0.1, 0.15) is 18.1 Å². The highest BCUT2D eigenvalue weighted by Crippen LogP contribution is 2.25. The van der Waals surface area contributed by atoms with Crippen molar-refractivity contribution >= 4 is 6.21 Å². The van der Waals surface area contributed by atoms with Gasteiger partial charge in [0, 0.05) is 12.0 Å². The molecule has 0 amide bonds. The van der Waals surface area contributed by atoms with Gasteiger partial charge in [0.2, 0.25) is 0 Å². The fourth-order valence-electron chi connectivity index (χ4n) is 1.16. The van der Waals surface area contributed by atoms with Crippen molar-refractivity contribution < 1.29 is 9.23 Å². The van der Waals surface area contributed by atoms with Crippen molar-refractivity contribution in [3.05, 3.63) is 35.6 Å². The van der Waals surface area contributed by atoms with Crippen LogP contribution in [0.15, 0.2) is 29.4 Å². The van der Waals surface area contributed by atoms with Crippen LogP contribution in [-0.2, 0) is 4.84 Å². The van der Waals surface area contributed by atoms with Crippen LogP contribution in [0, 0.1) is 5.82 Å². The number of benzene rings is 1. The summed E-state index contributed by atoms with van der Waals surface area (Å²) in [4.78, 5) is 4.89. The SMILES string of the molecule is Fc1ccccc1C1C[C]=NO1. The molecule has 0 saturated carbocycles. The fourth-order valence-corrected chi connectivity index (χ4v) is 1.16. The lowest BCUT2D eigenvalue weighted by Gasteiger charge is -2.07. The highest BCUT2D eigenvalue weighted by molar-refractivity contribution is 5.59. The minimum Gasteiger partial charge on any atom is -0.387 e. The number of halogens is 1. The molecular weight excluding hydrogens is 157 g/mol. The van der Waals surface area contributed by atoms with Gasteiger partial charge in [-0.15, -0.1) is 0 Å². The first kappa shape index (κ1) is 7.28. The second-order valence-electron chi connectivity index (χ2n) is 2.57. The Morgan fingerprint density at radius 1 is 1.50 bits per heavy atom. The average molecular weight is 164 g/mol. The smallest absolute Gasteiger partial charge is 0.161 e. The molecule has 0 aliphatic carbocycles. The summed E-state index contributed by atoms with van der Waals surface area (Å²) in [6.07, 6.45) is 2.88. The van der Waals surface area contributed by atoms with Crippen LogP contribution >= 0.6 is 0 Å². The molecule has 0 saturated heterocycles. The number of hydrogen-bond donors (Lipinski definition) is 0. The average Bonchev–Trinajstić information content (AvgIpc) is 2.57. The largest absolute Gasteiger partial charge is 0.387 e. The van der Waals surface area contributed by atoms with Gasteiger partial charge in [0.1, 0.15) is 12.0 Å². The molecule has 1 atom stereocenters. The molecule has 0 bridgehead atoms. The van der Waals surface area contributed by atoms with Gasteiger partial charge in [-0.2, -0.15) is 0 Å². The van der Waals surface area contributed by atoms with E-state index in [9.17, 15) is 4.39 Å². The number of nitrogens with zero attached hydrogens (tertiary/aromatic N) is 1. The normalized spacial score (nSPS) is 20.9. The number of hydrogen-bond acceptors (Lipinski definition) is 2. The standard InChI is InChI=1S/C9H7FNO/c10-8-4-2-1-3-7(8)9-5-6-11-12-9/h1-4,9H,5H2. The van der Waals surface area contributed by atoms with E-state index in [0.29, 0.717) is 12.0 Å². The van der Waals surface area contributed by atoms with Gasteiger partial charge < -0.3 is 4.84 Å². The van der Waals surface area contributed by atoms with Gasteiger partial charge in [0.25, 0.3) is 0 Å². The van der Waals surface area contributed by atoms with Crippen LogP contribution < -0.4 is 0 Å². The molecule has 0 aromatic heterocycles. The summed E-state index contributed by atoms with van der Waals surface area (Å²) in [5.74, 6) is -0.249. The van der Waals surface area contributed by atoms with E-state index < -0.39 is 0 Å². The highest BCUT2D eigenvalue weighted by atomic mass is 19.1. The molecule has 12 heavy (non-hydrogen) atoms. The first-order valence-corrected chi connectivity index (χ1v) is 3.71. The summed E-state index contributed by atoms with van der Waals surface area (Å²) in [6.45, 7) is 0. The van der Waals surface area contributed by atoms with Gasteiger partial charge in [0.15, 0.2) is 6.10 Å². The van der Waals surface area contributed by atoms with Gasteiger partial charge in [-0.1, -0.05) is 23.4 Å². The van der Waals surface area contributed by atoms with E-state index in [-0.39, 0.29) is 11.9 Å². The van der Waals surface area contributed by atoms with E-state index in [1.54, 1.807) is 18.2 Å². The predicted molar refractivity (Wildman–Crippen MR) is 42.3 cm³/mol. The zero-order valence-corrected chi connectivity index (χ0v) is 6.33. The molecule has 1 aliphatic rings. The molecule has 1 heterocycles. The Labute approximate surface area is 69.6 Å². The molecule has 1 aliphatic heterocycles. The molecule has 1 aromatic rings. The summed E-state index contributed by atoms with van der Waals surface area (Å²) >= 11 is 0. The summed E-state index contributed by atoms with van der Waals surface area (Å²) in [5.41, 5.74) is 0.547. The Balaban J connectivity index is 2.27. The Kier molecular flexibility index (Phi) is 1.78. The second-order valence-corrected chi connectivity index (χ2v) is 2.57. The Morgan fingerprint density at radius 3 is 3.00 bits per heavy atom. The predicted octanol–water partition coefficient (Wildman–Crippen LogP) is 2.15. The van der Waals surface area contributed by atoms with Crippen molar-refractivity contribution in [2.75, 3.05) is 0 Å². The van der Waals surface area contributed by atoms with Crippen molar-refractivity contribution in [3.8, 4) is 0 Å². The highest BCUT2D eigenvalue weighted by Gasteiger charge is 2.19. The Hall–Kier alpha value is -1.38. The lowest BCUT2D eigenvalue weighted by molar-refractivity contribution is 0.0830. The quantitative estimate of drug-likeness (QED) is 0.623. The van der Waals surface area contributed by atoms with E-state index in [0.717, 1.165) is 0 Å². The van der Waals surface area contributed by atoms with E-state index in [1.807, 2.05) is 0 Å². The Morgan fingerprint density at radius 2 is 2.33 bits per heavy atom. The van der Waals surface area contributed by atoms with E-state index in [4.69, 9.17) is 4.84 Å². The zero-order chi connectivity index (χ0) is 8.39. The summed E-state index contributed by atoms with van der Waals surface area (Å²) in [6, 6.07) is 6.54. The van der Waals surface area contributed by atoms with Crippen molar-refractivity contribution in [2.45, 2.75) is 12.5 Å². The van der Waals surface area contributed by atoms with Gasteiger partial charge in [-0.3, -0.25) is 0 Å². The maximum absolute atomic E-state index is 13.1. The van der Waals surface area contributed by atoms with Gasteiger partial charge in [0.05, 0.1) is 0 Å². The van der Waals surface area contributed by atoms with Crippen LogP contribution in [0.25, 0.3) is 0 Å². The van der Waals surface area contributed by atoms with Gasteiger partial charge in [-0.05, 0) is 6.07 Å². The zero-order valence-electron chi connectivity index (χ0n) is 6.33. The van der Waals surface area contributed by atoms with E-state index in [2.05, 4.69) is 11.4 Å². The second kappa shape index (κ2) is 2.93. The van der Waals surface area contributed by atoms with E-state index in [1.165, 1.54) is 6.07 Å². The molecule has 1 aromatic carbocycles. The maximum Gasteiger partial charge on any atom is 0.161 e. The molecular formula is C9H7FNO. The third-order valence-corrected chi connectivity index (χ3v) is 1.77. The summed E-state index contributed by atoms with van der Waals surface area (Å²) < 4.78 is 13.1.